The summed E-state index contributed by atoms with van der Waals surface area (Å²) in [6.07, 6.45) is 16.6. The summed E-state index contributed by atoms with van der Waals surface area (Å²) in [6.45, 7) is 7.38. The summed E-state index contributed by atoms with van der Waals surface area (Å²) in [4.78, 5) is 2.23. The lowest BCUT2D eigenvalue weighted by molar-refractivity contribution is -0.0745. The van der Waals surface area contributed by atoms with E-state index in [1.165, 1.54) is 5.57 Å². The lowest BCUT2D eigenvalue weighted by Crippen LogP contribution is -2.67. The summed E-state index contributed by atoms with van der Waals surface area (Å²) in [7, 11) is 0. The Labute approximate surface area is 186 Å². The van der Waals surface area contributed by atoms with Gasteiger partial charge in [-0.05, 0) is 81.1 Å². The average molecular weight is 427 g/mol. The molecule has 1 aliphatic heterocycles. The van der Waals surface area contributed by atoms with Gasteiger partial charge >= 0.3 is 0 Å². The average Bonchev–Trinajstić information content (AvgIpc) is 3.01. The molecule has 0 aromatic heterocycles. The summed E-state index contributed by atoms with van der Waals surface area (Å²) in [5, 5.41) is 35.6. The summed E-state index contributed by atoms with van der Waals surface area (Å²) < 4.78 is 0. The second-order valence-electron chi connectivity index (χ2n) is 11.2. The van der Waals surface area contributed by atoms with Gasteiger partial charge in [-0.25, -0.2) is 0 Å². The van der Waals surface area contributed by atoms with E-state index in [9.17, 15) is 15.4 Å². The third kappa shape index (κ3) is 2.65. The number of oxime groups is 1. The van der Waals surface area contributed by atoms with Crippen molar-refractivity contribution in [2.45, 2.75) is 83.5 Å². The van der Waals surface area contributed by atoms with E-state index in [0.717, 1.165) is 51.5 Å². The Bertz CT molecular complexity index is 863. The molecule has 0 amide bonds. The molecule has 170 valence electrons. The fourth-order valence-corrected chi connectivity index (χ4v) is 8.85. The first-order chi connectivity index (χ1) is 14.8. The van der Waals surface area contributed by atoms with Crippen molar-refractivity contribution < 1.29 is 15.4 Å². The first-order valence-electron chi connectivity index (χ1n) is 12.1. The van der Waals surface area contributed by atoms with E-state index in [0.29, 0.717) is 23.5 Å². The Morgan fingerprint density at radius 2 is 1.94 bits per heavy atom. The molecule has 0 aromatic carbocycles. The van der Waals surface area contributed by atoms with Crippen molar-refractivity contribution in [1.29, 1.82) is 0 Å². The van der Waals surface area contributed by atoms with Crippen molar-refractivity contribution in [2.75, 3.05) is 6.54 Å². The largest absolute Gasteiger partial charge is 0.411 e. The minimum absolute atomic E-state index is 0.171. The van der Waals surface area contributed by atoms with Crippen molar-refractivity contribution in [3.05, 3.63) is 36.1 Å². The summed E-state index contributed by atoms with van der Waals surface area (Å²) >= 11 is 0. The Morgan fingerprint density at radius 1 is 1.13 bits per heavy atom. The molecule has 5 aliphatic rings. The molecule has 0 spiro atoms. The zero-order valence-electron chi connectivity index (χ0n) is 19.2. The zero-order chi connectivity index (χ0) is 22.0. The van der Waals surface area contributed by atoms with Crippen LogP contribution in [0.3, 0.4) is 0 Å². The fourth-order valence-electron chi connectivity index (χ4n) is 8.85. The zero-order valence-corrected chi connectivity index (χ0v) is 19.2. The van der Waals surface area contributed by atoms with Crippen molar-refractivity contribution in [1.82, 2.24) is 4.90 Å². The van der Waals surface area contributed by atoms with Gasteiger partial charge in [-0.15, -0.1) is 0 Å². The predicted molar refractivity (Wildman–Crippen MR) is 122 cm³/mol. The van der Waals surface area contributed by atoms with Crippen molar-refractivity contribution >= 4 is 5.71 Å². The van der Waals surface area contributed by atoms with Crippen molar-refractivity contribution in [2.24, 2.45) is 33.7 Å². The SMILES string of the molecule is C/C(=N\O)[C@@]1(N2C=CC=CC2)[C@H](O)CC2C3CC=C4CC(O)CC[C@]4(C)C3CC[C@@]21C. The lowest BCUT2D eigenvalue weighted by Gasteiger charge is -2.61. The summed E-state index contributed by atoms with van der Waals surface area (Å²) in [6, 6.07) is 0. The molecule has 3 saturated carbocycles. The van der Waals surface area contributed by atoms with Crippen LogP contribution in [0.1, 0.15) is 65.7 Å². The van der Waals surface area contributed by atoms with Crippen LogP contribution in [0, 0.1) is 28.6 Å². The van der Waals surface area contributed by atoms with E-state index >= 15 is 0 Å². The molecule has 0 radical (unpaired) electrons. The Kier molecular flexibility index (Phi) is 4.95. The standard InChI is InChI=1S/C26H38N2O3/c1-17(27-31)26(28-13-5-4-6-14-28)23(30)16-22-20-8-7-18-15-19(29)9-11-24(18,2)21(20)10-12-25(22,26)3/h4-7,13,19-23,29-31H,8-12,14-16H2,1-3H3/b27-17+/t19?,20?,21?,22?,23-,24+,25+,26-/m1/s1. The summed E-state index contributed by atoms with van der Waals surface area (Å²) in [5.74, 6) is 1.50. The molecule has 5 heteroatoms. The van der Waals surface area contributed by atoms with Gasteiger partial charge in [0, 0.05) is 18.2 Å². The van der Waals surface area contributed by atoms with Crippen LogP contribution in [0.15, 0.2) is 41.2 Å². The highest BCUT2D eigenvalue weighted by Crippen LogP contribution is 2.68. The molecule has 4 aliphatic carbocycles. The minimum Gasteiger partial charge on any atom is -0.411 e. The van der Waals surface area contributed by atoms with Crippen molar-refractivity contribution in [3.8, 4) is 0 Å². The number of rotatable bonds is 2. The number of nitrogens with zero attached hydrogens (tertiary/aromatic N) is 2. The minimum atomic E-state index is -0.688. The maximum Gasteiger partial charge on any atom is 0.113 e. The molecule has 3 fully saturated rings. The quantitative estimate of drug-likeness (QED) is 0.267. The van der Waals surface area contributed by atoms with Crippen molar-refractivity contribution in [3.63, 3.8) is 0 Å². The van der Waals surface area contributed by atoms with E-state index in [4.69, 9.17) is 0 Å². The highest BCUT2D eigenvalue weighted by Gasteiger charge is 2.70. The molecule has 8 atom stereocenters. The van der Waals surface area contributed by atoms with Crippen LogP contribution in [-0.2, 0) is 0 Å². The van der Waals surface area contributed by atoms with E-state index in [1.807, 2.05) is 19.1 Å². The lowest BCUT2D eigenvalue weighted by atomic mass is 9.46. The van der Waals surface area contributed by atoms with Gasteiger partial charge in [0.1, 0.15) is 5.54 Å². The van der Waals surface area contributed by atoms with Gasteiger partial charge in [0.2, 0.25) is 0 Å². The maximum absolute atomic E-state index is 11.7. The molecule has 4 unspecified atom stereocenters. The van der Waals surface area contributed by atoms with Crippen LogP contribution < -0.4 is 0 Å². The number of hydrogen-bond acceptors (Lipinski definition) is 5. The second-order valence-corrected chi connectivity index (χ2v) is 11.2. The smallest absolute Gasteiger partial charge is 0.113 e. The Hall–Kier alpha value is -1.59. The normalized spacial score (nSPS) is 49.3. The molecule has 3 N–H and O–H groups in total. The third-order valence-electron chi connectivity index (χ3n) is 10.3. The molecule has 31 heavy (non-hydrogen) atoms. The highest BCUT2D eigenvalue weighted by molar-refractivity contribution is 5.93. The predicted octanol–water partition coefficient (Wildman–Crippen LogP) is 4.26. The first kappa shape index (κ1) is 21.3. The van der Waals surface area contributed by atoms with Gasteiger partial charge in [-0.3, -0.25) is 0 Å². The molecular weight excluding hydrogens is 388 g/mol. The van der Waals surface area contributed by atoms with Gasteiger partial charge in [-0.2, -0.15) is 0 Å². The van der Waals surface area contributed by atoms with E-state index in [1.54, 1.807) is 0 Å². The maximum atomic E-state index is 11.7. The number of aliphatic hydroxyl groups is 2. The molecule has 0 bridgehead atoms. The van der Waals surface area contributed by atoms with Gasteiger partial charge in [-0.1, -0.05) is 42.8 Å². The topological polar surface area (TPSA) is 76.3 Å². The van der Waals surface area contributed by atoms with E-state index in [2.05, 4.69) is 42.3 Å². The number of allylic oxidation sites excluding steroid dienone is 3. The molecule has 1 heterocycles. The monoisotopic (exact) mass is 426 g/mol. The number of aliphatic hydroxyl groups excluding tert-OH is 2. The van der Waals surface area contributed by atoms with Crippen LogP contribution >= 0.6 is 0 Å². The van der Waals surface area contributed by atoms with E-state index in [-0.39, 0.29) is 16.9 Å². The van der Waals surface area contributed by atoms with E-state index < -0.39 is 11.6 Å². The van der Waals surface area contributed by atoms with Crippen LogP contribution in [0.2, 0.25) is 0 Å². The van der Waals surface area contributed by atoms with Gasteiger partial charge < -0.3 is 20.3 Å². The first-order valence-corrected chi connectivity index (χ1v) is 12.1. The van der Waals surface area contributed by atoms with Gasteiger partial charge in [0.25, 0.3) is 0 Å². The highest BCUT2D eigenvalue weighted by atomic mass is 16.4. The summed E-state index contributed by atoms with van der Waals surface area (Å²) in [5.41, 5.74) is 1.41. The van der Waals surface area contributed by atoms with Gasteiger partial charge in [0.05, 0.1) is 17.9 Å². The van der Waals surface area contributed by atoms with Crippen LogP contribution in [-0.4, -0.2) is 50.3 Å². The Balaban J connectivity index is 1.57. The molecular formula is C26H38N2O3. The number of fused-ring (bicyclic) bond motifs is 5. The number of hydrogen-bond donors (Lipinski definition) is 3. The van der Waals surface area contributed by atoms with Crippen LogP contribution in [0.4, 0.5) is 0 Å². The second kappa shape index (κ2) is 7.21. The van der Waals surface area contributed by atoms with Crippen LogP contribution in [0.25, 0.3) is 0 Å². The van der Waals surface area contributed by atoms with Gasteiger partial charge in [0.15, 0.2) is 0 Å². The van der Waals surface area contributed by atoms with Crippen LogP contribution in [0.5, 0.6) is 0 Å². The molecule has 5 rings (SSSR count). The third-order valence-corrected chi connectivity index (χ3v) is 10.3. The molecule has 0 aromatic rings. The Morgan fingerprint density at radius 3 is 2.65 bits per heavy atom. The fraction of sp³-hybridized carbons (Fsp3) is 0.731. The molecule has 0 saturated heterocycles. The molecule has 5 nitrogen and oxygen atoms in total.